The Hall–Kier alpha value is 0.585. The maximum absolute atomic E-state index is 2.55. The van der Waals surface area contributed by atoms with Crippen LogP contribution in [0.25, 0.3) is 0 Å². The quantitative estimate of drug-likeness (QED) is 0.453. The second kappa shape index (κ2) is 2.57. The van der Waals surface area contributed by atoms with Crippen LogP contribution in [0.5, 0.6) is 0 Å². The van der Waals surface area contributed by atoms with Crippen LogP contribution >= 0.6 is 19.4 Å². The summed E-state index contributed by atoms with van der Waals surface area (Å²) in [7, 11) is 0.334. The van der Waals surface area contributed by atoms with Crippen molar-refractivity contribution in [3.8, 4) is 0 Å². The molecule has 1 aliphatic heterocycles. The van der Waals surface area contributed by atoms with Crippen LogP contribution in [0.15, 0.2) is 11.3 Å². The second-order valence-corrected chi connectivity index (χ2v) is 6.67. The third kappa shape index (κ3) is 1.29. The zero-order valence-electron chi connectivity index (χ0n) is 6.50. The minimum Gasteiger partial charge on any atom is -0.200 e. The fraction of sp³-hybridized carbons (Fsp3) is 0.714. The summed E-state index contributed by atoms with van der Waals surface area (Å²) in [6.07, 6.45) is 7.71. The molecule has 54 valence electrons. The highest BCUT2D eigenvalue weighted by Crippen LogP contribution is 2.69. The van der Waals surface area contributed by atoms with Crippen molar-refractivity contribution in [2.75, 3.05) is 12.9 Å². The summed E-state index contributed by atoms with van der Waals surface area (Å²) in [5.74, 6) is 0.997. The SMILES string of the molecule is CSB1/C(=C\C2CC2)[P@@]1C. The van der Waals surface area contributed by atoms with E-state index >= 15 is 0 Å². The molecule has 1 saturated carbocycles. The molecule has 0 N–H and O–H groups in total. The highest BCUT2D eigenvalue weighted by atomic mass is 32.2. The summed E-state index contributed by atoms with van der Waals surface area (Å²) >= 11 is 2.04. The maximum Gasteiger partial charge on any atom is 0.272 e. The van der Waals surface area contributed by atoms with Crippen molar-refractivity contribution in [2.45, 2.75) is 12.8 Å². The van der Waals surface area contributed by atoms with Crippen LogP contribution in [0, 0.1) is 5.92 Å². The van der Waals surface area contributed by atoms with E-state index in [2.05, 4.69) is 19.0 Å². The molecule has 3 heteroatoms. The van der Waals surface area contributed by atoms with Crippen molar-refractivity contribution in [2.24, 2.45) is 5.92 Å². The Bertz CT molecular complexity index is 176. The minimum atomic E-state index is 0.334. The molecule has 1 heterocycles. The Morgan fingerprint density at radius 3 is 2.80 bits per heavy atom. The van der Waals surface area contributed by atoms with Crippen LogP contribution < -0.4 is 0 Å². The van der Waals surface area contributed by atoms with Gasteiger partial charge in [-0.25, -0.2) is 11.6 Å². The lowest BCUT2D eigenvalue weighted by molar-refractivity contribution is 1.13. The molecule has 2 rings (SSSR count). The molecular weight excluding hydrogens is 158 g/mol. The van der Waals surface area contributed by atoms with Gasteiger partial charge in [0.15, 0.2) is 0 Å². The van der Waals surface area contributed by atoms with Crippen molar-refractivity contribution in [3.05, 3.63) is 11.3 Å². The Labute approximate surface area is 68.5 Å². The lowest BCUT2D eigenvalue weighted by atomic mass is 10.1. The average Bonchev–Trinajstić information content (AvgIpc) is 2.78. The molecule has 0 radical (unpaired) electrons. The zero-order chi connectivity index (χ0) is 7.14. The van der Waals surface area contributed by atoms with Gasteiger partial charge in [-0.05, 0) is 31.7 Å². The van der Waals surface area contributed by atoms with E-state index in [1.165, 1.54) is 12.8 Å². The van der Waals surface area contributed by atoms with Gasteiger partial charge in [0.1, 0.15) is 0 Å². The highest BCUT2D eigenvalue weighted by molar-refractivity contribution is 8.51. The molecule has 1 atom stereocenters. The Balaban J connectivity index is 1.94. The maximum atomic E-state index is 2.55. The molecule has 2 fully saturated rings. The fourth-order valence-corrected chi connectivity index (χ4v) is 5.29. The molecule has 0 aromatic carbocycles. The molecule has 0 bridgehead atoms. The monoisotopic (exact) mass is 170 g/mol. The van der Waals surface area contributed by atoms with Gasteiger partial charge in [-0.2, -0.15) is 0 Å². The van der Waals surface area contributed by atoms with E-state index in [1.807, 2.05) is 11.6 Å². The number of hydrogen-bond donors (Lipinski definition) is 0. The summed E-state index contributed by atoms with van der Waals surface area (Å²) in [5, 5.41) is 1.80. The van der Waals surface area contributed by atoms with Crippen LogP contribution in [0.4, 0.5) is 0 Å². The Kier molecular flexibility index (Phi) is 1.86. The first kappa shape index (κ1) is 7.25. The van der Waals surface area contributed by atoms with E-state index in [4.69, 9.17) is 0 Å². The first-order valence-corrected chi connectivity index (χ1v) is 6.95. The minimum absolute atomic E-state index is 0.334. The second-order valence-electron chi connectivity index (χ2n) is 3.13. The van der Waals surface area contributed by atoms with Crippen molar-refractivity contribution in [1.29, 1.82) is 0 Å². The van der Waals surface area contributed by atoms with Crippen LogP contribution in [0.2, 0.25) is 0 Å². The molecule has 0 nitrogen and oxygen atoms in total. The lowest BCUT2D eigenvalue weighted by Crippen LogP contribution is -1.74. The Morgan fingerprint density at radius 2 is 2.40 bits per heavy atom. The van der Waals surface area contributed by atoms with Crippen molar-refractivity contribution in [3.63, 3.8) is 0 Å². The van der Waals surface area contributed by atoms with Crippen LogP contribution in [0.3, 0.4) is 0 Å². The molecule has 0 aromatic rings. The van der Waals surface area contributed by atoms with E-state index in [0.717, 1.165) is 11.6 Å². The molecule has 0 unspecified atom stereocenters. The summed E-state index contributed by atoms with van der Waals surface area (Å²) in [6, 6.07) is 0. The standard InChI is InChI=1S/C7H12BPS/c1-9-7(8(9)10-2)5-6-3-4-6/h5-6H,3-4H2,1-2H3/b7-5+/t9-/m1/s1. The van der Waals surface area contributed by atoms with Crippen LogP contribution in [-0.4, -0.2) is 18.6 Å². The number of hydrogen-bond acceptors (Lipinski definition) is 1. The van der Waals surface area contributed by atoms with Gasteiger partial charge in [0, 0.05) is 0 Å². The van der Waals surface area contributed by atoms with E-state index in [1.54, 1.807) is 5.21 Å². The van der Waals surface area contributed by atoms with Crippen molar-refractivity contribution >= 4 is 25.1 Å². The number of rotatable bonds is 2. The van der Waals surface area contributed by atoms with E-state index in [9.17, 15) is 0 Å². The largest absolute Gasteiger partial charge is 0.272 e. The van der Waals surface area contributed by atoms with E-state index in [0.29, 0.717) is 7.80 Å². The highest BCUT2D eigenvalue weighted by Gasteiger charge is 2.44. The molecule has 0 spiro atoms. The van der Waals surface area contributed by atoms with Crippen molar-refractivity contribution in [1.82, 2.24) is 0 Å². The summed E-state index contributed by atoms with van der Waals surface area (Å²) in [4.78, 5) is 0. The van der Waals surface area contributed by atoms with Crippen LogP contribution in [-0.2, 0) is 0 Å². The van der Waals surface area contributed by atoms with Gasteiger partial charge in [0.25, 0.3) is 5.71 Å². The van der Waals surface area contributed by atoms with Gasteiger partial charge < -0.3 is 0 Å². The molecule has 0 amide bonds. The van der Waals surface area contributed by atoms with E-state index in [-0.39, 0.29) is 0 Å². The number of allylic oxidation sites excluding steroid dienone is 1. The average molecular weight is 170 g/mol. The third-order valence-corrected chi connectivity index (χ3v) is 6.58. The molecule has 1 saturated heterocycles. The zero-order valence-corrected chi connectivity index (χ0v) is 8.21. The molecule has 2 aliphatic rings. The first-order chi connectivity index (χ1) is 4.83. The summed E-state index contributed by atoms with van der Waals surface area (Å²) < 4.78 is 0. The summed E-state index contributed by atoms with van der Waals surface area (Å²) in [6.45, 7) is 2.41. The van der Waals surface area contributed by atoms with Crippen LogP contribution in [0.1, 0.15) is 12.8 Å². The lowest BCUT2D eigenvalue weighted by Gasteiger charge is -1.77. The topological polar surface area (TPSA) is 0 Å². The molecular formula is C7H12BPS. The third-order valence-electron chi connectivity index (χ3n) is 2.20. The molecule has 0 aromatic heterocycles. The van der Waals surface area contributed by atoms with Gasteiger partial charge >= 0.3 is 0 Å². The predicted octanol–water partition coefficient (Wildman–Crippen LogP) is 2.80. The van der Waals surface area contributed by atoms with Gasteiger partial charge in [0.2, 0.25) is 0 Å². The van der Waals surface area contributed by atoms with Gasteiger partial charge in [-0.15, -0.1) is 7.80 Å². The predicted molar refractivity (Wildman–Crippen MR) is 52.9 cm³/mol. The van der Waals surface area contributed by atoms with Gasteiger partial charge in [-0.1, -0.05) is 11.3 Å². The Morgan fingerprint density at radius 1 is 1.70 bits per heavy atom. The first-order valence-electron chi connectivity index (χ1n) is 3.80. The molecule has 1 aliphatic carbocycles. The van der Waals surface area contributed by atoms with E-state index < -0.39 is 0 Å². The summed E-state index contributed by atoms with van der Waals surface area (Å²) in [5.41, 5.74) is 0.954. The van der Waals surface area contributed by atoms with Crippen molar-refractivity contribution < 1.29 is 0 Å². The fourth-order valence-electron chi connectivity index (χ4n) is 1.27. The molecule has 10 heavy (non-hydrogen) atoms. The van der Waals surface area contributed by atoms with Gasteiger partial charge in [0.05, 0.1) is 0 Å². The smallest absolute Gasteiger partial charge is 0.200 e. The van der Waals surface area contributed by atoms with Gasteiger partial charge in [-0.3, -0.25) is 0 Å². The normalized spacial score (nSPS) is 35.2.